The predicted octanol–water partition coefficient (Wildman–Crippen LogP) is -2.45. The summed E-state index contributed by atoms with van der Waals surface area (Å²) >= 11 is 0. The van der Waals surface area contributed by atoms with Gasteiger partial charge in [0.15, 0.2) is 5.96 Å². The first kappa shape index (κ1) is 69.1. The second-order valence-electron chi connectivity index (χ2n) is 22.6. The molecule has 0 saturated carbocycles. The molecule has 3 aromatic carbocycles. The number of para-hydroxylation sites is 1. The summed E-state index contributed by atoms with van der Waals surface area (Å²) in [4.78, 5) is 140. The van der Waals surface area contributed by atoms with Gasteiger partial charge in [0, 0.05) is 69.8 Å². The van der Waals surface area contributed by atoms with Crippen molar-refractivity contribution in [3.05, 3.63) is 114 Å². The van der Waals surface area contributed by atoms with Crippen LogP contribution in [-0.4, -0.2) is 180 Å². The number of amides is 10. The number of carbonyl (C=O) groups excluding carboxylic acids is 10. The van der Waals surface area contributed by atoms with Gasteiger partial charge in [-0.2, -0.15) is 0 Å². The van der Waals surface area contributed by atoms with Crippen LogP contribution in [0.4, 0.5) is 0 Å². The molecular weight excluding hydrogens is 1170 g/mol. The average molecular weight is 1250 g/mol. The number of carbonyl (C=O) groups is 10. The third-order valence-corrected chi connectivity index (χ3v) is 14.9. The van der Waals surface area contributed by atoms with Crippen molar-refractivity contribution in [1.82, 2.24) is 72.7 Å². The summed E-state index contributed by atoms with van der Waals surface area (Å²) in [6.45, 7) is 5.71. The highest BCUT2D eigenvalue weighted by Gasteiger charge is 2.43. The number of aliphatic hydroxyl groups is 2. The summed E-state index contributed by atoms with van der Waals surface area (Å²) in [6.07, 6.45) is -0.400. The lowest BCUT2D eigenvalue weighted by Gasteiger charge is -2.30. The van der Waals surface area contributed by atoms with E-state index in [1.165, 1.54) is 49.0 Å². The highest BCUT2D eigenvalue weighted by molar-refractivity contribution is 5.99. The zero-order chi connectivity index (χ0) is 65.8. The number of phenolic OH excluding ortho intramolecular Hbond substituents is 1. The van der Waals surface area contributed by atoms with Crippen molar-refractivity contribution in [2.45, 2.75) is 146 Å². The molecule has 10 atom stereocenters. The largest absolute Gasteiger partial charge is 0.508 e. The molecule has 1 aliphatic heterocycles. The number of aromatic nitrogens is 4. The average Bonchev–Trinajstić information content (AvgIpc) is 1.87. The van der Waals surface area contributed by atoms with E-state index in [-0.39, 0.29) is 81.5 Å². The van der Waals surface area contributed by atoms with E-state index in [2.05, 4.69) is 63.1 Å². The number of β-amino-alcohol motifs (C(OH)–C–C–N with tert-alkyl or cyclic N) is 1. The van der Waals surface area contributed by atoms with Gasteiger partial charge < -0.3 is 84.5 Å². The van der Waals surface area contributed by atoms with Gasteiger partial charge in [0.25, 0.3) is 0 Å². The van der Waals surface area contributed by atoms with Crippen LogP contribution in [0.2, 0.25) is 0 Å². The first-order valence-corrected chi connectivity index (χ1v) is 29.4. The Hall–Kier alpha value is -9.97. The number of nitrogens with one attached hydrogen (secondary N) is 11. The Morgan fingerprint density at radius 3 is 2.03 bits per heavy atom. The summed E-state index contributed by atoms with van der Waals surface area (Å²) in [5, 5.41) is 72.2. The molecule has 10 amide bonds. The van der Waals surface area contributed by atoms with Crippen LogP contribution in [0.25, 0.3) is 10.9 Å². The Labute approximate surface area is 518 Å². The van der Waals surface area contributed by atoms with E-state index in [9.17, 15) is 63.3 Å². The van der Waals surface area contributed by atoms with E-state index in [0.717, 1.165) is 21.4 Å². The molecule has 30 heteroatoms. The monoisotopic (exact) mass is 1250 g/mol. The number of benzene rings is 3. The van der Waals surface area contributed by atoms with Gasteiger partial charge in [0.1, 0.15) is 59.8 Å². The molecule has 18 N–H and O–H groups in total. The summed E-state index contributed by atoms with van der Waals surface area (Å²) in [6, 6.07) is 10.7. The molecule has 0 spiro atoms. The summed E-state index contributed by atoms with van der Waals surface area (Å²) in [7, 11) is 1.57. The van der Waals surface area contributed by atoms with Gasteiger partial charge in [-0.15, -0.1) is 5.10 Å². The third kappa shape index (κ3) is 20.3. The molecule has 0 unspecified atom stereocenters. The molecule has 30 nitrogen and oxygen atoms in total. The van der Waals surface area contributed by atoms with Gasteiger partial charge in [0.05, 0.1) is 31.4 Å². The highest BCUT2D eigenvalue weighted by atomic mass is 16.3. The zero-order valence-electron chi connectivity index (χ0n) is 50.7. The maximum Gasteiger partial charge on any atom is 0.246 e. The van der Waals surface area contributed by atoms with Crippen molar-refractivity contribution in [2.75, 3.05) is 20.1 Å². The number of nitrogens with two attached hydrogens (primary N) is 2. The van der Waals surface area contributed by atoms with Crippen molar-refractivity contribution in [1.29, 1.82) is 5.41 Å². The topological polar surface area (TPSA) is 465 Å². The Kier molecular flexibility index (Phi) is 25.2. The molecule has 1 aliphatic rings. The molecule has 0 bridgehead atoms. The Balaban J connectivity index is 1.14. The summed E-state index contributed by atoms with van der Waals surface area (Å²) < 4.78 is 1.29. The maximum absolute atomic E-state index is 14.4. The molecule has 3 heterocycles. The number of rotatable bonds is 32. The smallest absolute Gasteiger partial charge is 0.246 e. The quantitative estimate of drug-likeness (QED) is 0.0121. The van der Waals surface area contributed by atoms with Gasteiger partial charge in [-0.05, 0) is 67.0 Å². The van der Waals surface area contributed by atoms with E-state index >= 15 is 0 Å². The molecule has 1 saturated heterocycles. The lowest BCUT2D eigenvalue weighted by Crippen LogP contribution is -2.61. The number of guanidine groups is 1. The number of hydrogen-bond acceptors (Lipinski definition) is 16. The Morgan fingerprint density at radius 2 is 1.38 bits per heavy atom. The van der Waals surface area contributed by atoms with Crippen LogP contribution < -0.4 is 59.3 Å². The van der Waals surface area contributed by atoms with Crippen molar-refractivity contribution in [3.63, 3.8) is 0 Å². The number of primary amides is 2. The van der Waals surface area contributed by atoms with E-state index in [1.807, 2.05) is 38.1 Å². The minimum absolute atomic E-state index is 0.0398. The van der Waals surface area contributed by atoms with Crippen LogP contribution in [0, 0.1) is 11.3 Å². The van der Waals surface area contributed by atoms with Crippen LogP contribution in [0.15, 0.2) is 91.3 Å². The Bertz CT molecular complexity index is 3340. The van der Waals surface area contributed by atoms with E-state index < -0.39 is 126 Å². The number of aliphatic hydroxyl groups excluding tert-OH is 2. The molecule has 0 aliphatic carbocycles. The number of aromatic hydroxyl groups is 1. The second kappa shape index (κ2) is 32.8. The number of hydrogen-bond donors (Lipinski definition) is 16. The third-order valence-electron chi connectivity index (χ3n) is 14.9. The summed E-state index contributed by atoms with van der Waals surface area (Å²) in [5.41, 5.74) is 14.2. The van der Waals surface area contributed by atoms with Crippen LogP contribution in [0.3, 0.4) is 0 Å². The summed E-state index contributed by atoms with van der Waals surface area (Å²) in [5.74, 6) is -8.62. The molecule has 5 aromatic rings. The highest BCUT2D eigenvalue weighted by Crippen LogP contribution is 2.24. The van der Waals surface area contributed by atoms with Crippen molar-refractivity contribution < 1.29 is 63.3 Å². The Morgan fingerprint density at radius 1 is 0.733 bits per heavy atom. The van der Waals surface area contributed by atoms with E-state index in [0.29, 0.717) is 17.5 Å². The van der Waals surface area contributed by atoms with E-state index in [4.69, 9.17) is 16.9 Å². The van der Waals surface area contributed by atoms with Crippen LogP contribution in [0.1, 0.15) is 88.2 Å². The van der Waals surface area contributed by atoms with Crippen LogP contribution in [-0.2, 0) is 73.8 Å². The fraction of sp³-hybridized carbons (Fsp3) is 0.450. The zero-order valence-corrected chi connectivity index (χ0v) is 50.7. The van der Waals surface area contributed by atoms with Crippen molar-refractivity contribution in [2.24, 2.45) is 17.4 Å². The molecule has 2 aromatic heterocycles. The normalized spacial score (nSPS) is 16.4. The fourth-order valence-electron chi connectivity index (χ4n) is 10.3. The van der Waals surface area contributed by atoms with Gasteiger partial charge in [-0.1, -0.05) is 79.7 Å². The number of nitrogens with zero attached hydrogens (tertiary/aromatic N) is 4. The molecule has 484 valence electrons. The number of phenols is 1. The number of fused-ring (bicyclic) bond motifs is 1. The minimum Gasteiger partial charge on any atom is -0.508 e. The van der Waals surface area contributed by atoms with Crippen LogP contribution in [0.5, 0.6) is 5.75 Å². The van der Waals surface area contributed by atoms with Gasteiger partial charge in [-0.3, -0.25) is 53.4 Å². The van der Waals surface area contributed by atoms with Gasteiger partial charge in [-0.25, -0.2) is 4.68 Å². The number of likely N-dealkylation sites (tertiary alicyclic amines) is 1. The SMILES string of the molecule is CNC(=N)NCCC[C@H](NC(=O)[C@H](CC(C)C)n1cc(CNC(=O)[C@H](Cc2ccccc2)NC(=O)[C@@H](NC(=O)[C@H](CC(N)=O)NC(=O)[C@@H]2C[C@@H](O)CN2C(=O)[C@@H](Cc2ccc(O)cc2)NC(C)=O)[C@@H](C)O)nn1)C(=O)N[C@@H](Cc1c[nH]c2ccccc12)C(N)=O. The first-order valence-electron chi connectivity index (χ1n) is 29.4. The van der Waals surface area contributed by atoms with Gasteiger partial charge in [0.2, 0.25) is 59.1 Å². The number of H-pyrrole nitrogens is 1. The van der Waals surface area contributed by atoms with Crippen molar-refractivity contribution in [3.8, 4) is 5.75 Å². The van der Waals surface area contributed by atoms with Crippen molar-refractivity contribution >= 4 is 75.9 Å². The van der Waals surface area contributed by atoms with Crippen LogP contribution >= 0.6 is 0 Å². The molecular formula is C60H81N17O13. The maximum atomic E-state index is 14.4. The minimum atomic E-state index is -1.82. The first-order chi connectivity index (χ1) is 42.8. The lowest BCUT2D eigenvalue weighted by atomic mass is 10.0. The lowest BCUT2D eigenvalue weighted by molar-refractivity contribution is -0.142. The van der Waals surface area contributed by atoms with E-state index in [1.54, 1.807) is 43.6 Å². The predicted molar refractivity (Wildman–Crippen MR) is 326 cm³/mol. The molecule has 6 rings (SSSR count). The molecule has 90 heavy (non-hydrogen) atoms. The van der Waals surface area contributed by atoms with Gasteiger partial charge >= 0.3 is 0 Å². The number of aromatic amines is 1. The fourth-order valence-corrected chi connectivity index (χ4v) is 10.3. The molecule has 1 fully saturated rings. The second-order valence-corrected chi connectivity index (χ2v) is 22.6. The standard InChI is InChI=1S/C60H81N17O13/c1-32(2)22-49(57(88)69-43(16-11-21-65-60(63)64-5)54(85)70-44(52(62)83)25-37-28-66-42-15-10-9-14-41(37)42)77-30-38(74-75-77)29-67-53(84)45(23-35-12-7-6-8-13-35)72-58(89)51(33(3)78)73-55(86)46(27-50(61)82)71-56(87)48-26-40(81)31-76(48)59(90)47(68-34(4)79)24-36-17-19-39(80)20-18-36/h6-10,12-15,17-20,28,30,32-33,40,43-49,51,66,78,80-81H,11,16,21-27,29,31H2,1-5H3,(H2,61,82)(H2,62,83)(H,67,84)(H,68,79)(H,69,88)(H,70,85)(H,71,87)(H,72,89)(H,73,86)(H3,63,64,65)/t33-,40-,43+,44+,45+,46+,47-,48+,49+,51+/m1/s1. The molecule has 0 radical (unpaired) electrons.